The zero-order valence-corrected chi connectivity index (χ0v) is 11.0. The van der Waals surface area contributed by atoms with Crippen molar-refractivity contribution < 1.29 is 8.42 Å². The van der Waals surface area contributed by atoms with Gasteiger partial charge < -0.3 is 5.73 Å². The SMILES string of the molecule is CC(C)CS(=O)(=O)N(CCCN)C(C)C. The molecule has 0 aromatic carbocycles. The molecule has 0 saturated carbocycles. The molecule has 0 heterocycles. The van der Waals surface area contributed by atoms with Crippen LogP contribution < -0.4 is 5.73 Å². The largest absolute Gasteiger partial charge is 0.330 e. The molecule has 0 unspecified atom stereocenters. The Bertz CT molecular complexity index is 261. The normalized spacial score (nSPS) is 13.1. The molecule has 0 saturated heterocycles. The van der Waals surface area contributed by atoms with Crippen molar-refractivity contribution in [3.63, 3.8) is 0 Å². The smallest absolute Gasteiger partial charge is 0.214 e. The Kier molecular flexibility index (Phi) is 6.40. The maximum atomic E-state index is 12.0. The third-order valence-corrected chi connectivity index (χ3v) is 4.47. The van der Waals surface area contributed by atoms with Crippen molar-refractivity contribution >= 4 is 10.0 Å². The number of hydrogen-bond acceptors (Lipinski definition) is 3. The summed E-state index contributed by atoms with van der Waals surface area (Å²) >= 11 is 0. The second-order valence-electron chi connectivity index (χ2n) is 4.52. The summed E-state index contributed by atoms with van der Waals surface area (Å²) < 4.78 is 25.5. The van der Waals surface area contributed by atoms with Crippen LogP contribution in [0.1, 0.15) is 34.1 Å². The number of rotatable bonds is 7. The van der Waals surface area contributed by atoms with Gasteiger partial charge in [0.1, 0.15) is 0 Å². The van der Waals surface area contributed by atoms with Gasteiger partial charge in [0.25, 0.3) is 0 Å². The van der Waals surface area contributed by atoms with Gasteiger partial charge >= 0.3 is 0 Å². The summed E-state index contributed by atoms with van der Waals surface area (Å²) in [7, 11) is -3.12. The highest BCUT2D eigenvalue weighted by Crippen LogP contribution is 2.11. The minimum Gasteiger partial charge on any atom is -0.330 e. The Morgan fingerprint density at radius 1 is 1.20 bits per heavy atom. The summed E-state index contributed by atoms with van der Waals surface area (Å²) in [6.45, 7) is 8.68. The van der Waals surface area contributed by atoms with Gasteiger partial charge in [-0.15, -0.1) is 0 Å². The Hall–Kier alpha value is -0.130. The third-order valence-electron chi connectivity index (χ3n) is 2.06. The highest BCUT2D eigenvalue weighted by Gasteiger charge is 2.24. The van der Waals surface area contributed by atoms with Crippen LogP contribution in [0, 0.1) is 5.92 Å². The molecule has 0 bridgehead atoms. The van der Waals surface area contributed by atoms with Gasteiger partial charge in [0, 0.05) is 12.6 Å². The van der Waals surface area contributed by atoms with E-state index in [1.807, 2.05) is 27.7 Å². The van der Waals surface area contributed by atoms with Crippen LogP contribution in [0.3, 0.4) is 0 Å². The fourth-order valence-corrected chi connectivity index (χ4v) is 3.57. The first-order chi connectivity index (χ1) is 6.81. The number of nitrogens with zero attached hydrogens (tertiary/aromatic N) is 1. The predicted molar refractivity (Wildman–Crippen MR) is 64.1 cm³/mol. The zero-order valence-electron chi connectivity index (χ0n) is 10.2. The van der Waals surface area contributed by atoms with E-state index in [-0.39, 0.29) is 17.7 Å². The number of hydrogen-bond donors (Lipinski definition) is 1. The van der Waals surface area contributed by atoms with Crippen LogP contribution in [0.15, 0.2) is 0 Å². The average Bonchev–Trinajstić information content (AvgIpc) is 2.00. The molecule has 0 aromatic rings. The van der Waals surface area contributed by atoms with E-state index in [2.05, 4.69) is 0 Å². The molecule has 0 amide bonds. The van der Waals surface area contributed by atoms with Crippen molar-refractivity contribution in [3.05, 3.63) is 0 Å². The Labute approximate surface area is 93.9 Å². The number of sulfonamides is 1. The molecular formula is C10H24N2O2S. The molecule has 0 fully saturated rings. The number of nitrogens with two attached hydrogens (primary N) is 1. The molecule has 5 heteroatoms. The first kappa shape index (κ1) is 14.9. The summed E-state index contributed by atoms with van der Waals surface area (Å²) in [5.74, 6) is 0.379. The minimum absolute atomic E-state index is 0.0142. The summed E-state index contributed by atoms with van der Waals surface area (Å²) in [5.41, 5.74) is 5.40. The van der Waals surface area contributed by atoms with Crippen LogP contribution in [0.4, 0.5) is 0 Å². The van der Waals surface area contributed by atoms with Crippen molar-refractivity contribution in [3.8, 4) is 0 Å². The van der Waals surface area contributed by atoms with E-state index < -0.39 is 10.0 Å². The molecule has 0 aliphatic carbocycles. The second kappa shape index (κ2) is 6.45. The fourth-order valence-electron chi connectivity index (χ4n) is 1.48. The minimum atomic E-state index is -3.12. The topological polar surface area (TPSA) is 63.4 Å². The maximum Gasteiger partial charge on any atom is 0.214 e. The van der Waals surface area contributed by atoms with Gasteiger partial charge in [-0.2, -0.15) is 4.31 Å². The lowest BCUT2D eigenvalue weighted by Gasteiger charge is -2.26. The predicted octanol–water partition coefficient (Wildman–Crippen LogP) is 1.03. The second-order valence-corrected chi connectivity index (χ2v) is 6.49. The van der Waals surface area contributed by atoms with Crippen LogP contribution in [0.2, 0.25) is 0 Å². The van der Waals surface area contributed by atoms with E-state index >= 15 is 0 Å². The van der Waals surface area contributed by atoms with Crippen LogP contribution in [0.25, 0.3) is 0 Å². The molecule has 0 aliphatic rings. The summed E-state index contributed by atoms with van der Waals surface area (Å²) in [5, 5.41) is 0. The highest BCUT2D eigenvalue weighted by atomic mass is 32.2. The molecule has 0 spiro atoms. The average molecular weight is 236 g/mol. The molecule has 0 rings (SSSR count). The molecule has 2 N–H and O–H groups in total. The molecule has 0 aromatic heterocycles. The van der Waals surface area contributed by atoms with E-state index in [9.17, 15) is 8.42 Å². The Morgan fingerprint density at radius 2 is 1.73 bits per heavy atom. The lowest BCUT2D eigenvalue weighted by molar-refractivity contribution is 0.349. The van der Waals surface area contributed by atoms with E-state index in [0.29, 0.717) is 13.1 Å². The molecule has 0 aliphatic heterocycles. The van der Waals surface area contributed by atoms with Gasteiger partial charge in [-0.25, -0.2) is 8.42 Å². The van der Waals surface area contributed by atoms with E-state index in [1.165, 1.54) is 0 Å². The molecular weight excluding hydrogens is 212 g/mol. The van der Waals surface area contributed by atoms with Gasteiger partial charge in [-0.05, 0) is 32.7 Å². The van der Waals surface area contributed by atoms with Crippen molar-refractivity contribution in [2.75, 3.05) is 18.8 Å². The van der Waals surface area contributed by atoms with Gasteiger partial charge in [-0.1, -0.05) is 13.8 Å². The van der Waals surface area contributed by atoms with Crippen LogP contribution in [-0.2, 0) is 10.0 Å². The molecule has 92 valence electrons. The van der Waals surface area contributed by atoms with E-state index in [1.54, 1.807) is 4.31 Å². The summed E-state index contributed by atoms with van der Waals surface area (Å²) in [6, 6.07) is 0.0142. The van der Waals surface area contributed by atoms with E-state index in [0.717, 1.165) is 6.42 Å². The Morgan fingerprint density at radius 3 is 2.07 bits per heavy atom. The monoisotopic (exact) mass is 236 g/mol. The van der Waals surface area contributed by atoms with Crippen molar-refractivity contribution in [1.82, 2.24) is 4.31 Å². The van der Waals surface area contributed by atoms with Crippen LogP contribution in [0.5, 0.6) is 0 Å². The van der Waals surface area contributed by atoms with Gasteiger partial charge in [0.05, 0.1) is 5.75 Å². The summed E-state index contributed by atoms with van der Waals surface area (Å²) in [6.07, 6.45) is 0.718. The van der Waals surface area contributed by atoms with Crippen molar-refractivity contribution in [2.24, 2.45) is 11.7 Å². The molecule has 0 radical (unpaired) electrons. The van der Waals surface area contributed by atoms with E-state index in [4.69, 9.17) is 5.73 Å². The van der Waals surface area contributed by atoms with Gasteiger partial charge in [-0.3, -0.25) is 0 Å². The first-order valence-corrected chi connectivity index (χ1v) is 7.11. The summed E-state index contributed by atoms with van der Waals surface area (Å²) in [4.78, 5) is 0. The Balaban J connectivity index is 4.60. The molecule has 0 atom stereocenters. The van der Waals surface area contributed by atoms with Crippen molar-refractivity contribution in [2.45, 2.75) is 40.2 Å². The quantitative estimate of drug-likeness (QED) is 0.718. The van der Waals surface area contributed by atoms with Crippen molar-refractivity contribution in [1.29, 1.82) is 0 Å². The molecule has 15 heavy (non-hydrogen) atoms. The standard InChI is InChI=1S/C10H24N2O2S/c1-9(2)8-15(13,14)12(10(3)4)7-5-6-11/h9-10H,5-8,11H2,1-4H3. The lowest BCUT2D eigenvalue weighted by atomic mass is 10.3. The van der Waals surface area contributed by atoms with Gasteiger partial charge in [0.15, 0.2) is 0 Å². The lowest BCUT2D eigenvalue weighted by Crippen LogP contribution is -2.40. The molecule has 4 nitrogen and oxygen atoms in total. The van der Waals surface area contributed by atoms with Crippen LogP contribution in [-0.4, -0.2) is 37.6 Å². The first-order valence-electron chi connectivity index (χ1n) is 5.50. The third kappa shape index (κ3) is 5.49. The highest BCUT2D eigenvalue weighted by molar-refractivity contribution is 7.89. The maximum absolute atomic E-state index is 12.0. The van der Waals surface area contributed by atoms with Crippen LogP contribution >= 0.6 is 0 Å². The zero-order chi connectivity index (χ0) is 12.1. The fraction of sp³-hybridized carbons (Fsp3) is 1.00. The van der Waals surface area contributed by atoms with Gasteiger partial charge in [0.2, 0.25) is 10.0 Å².